The van der Waals surface area contributed by atoms with Gasteiger partial charge in [0.15, 0.2) is 0 Å². The molecule has 0 aromatic carbocycles. The Morgan fingerprint density at radius 3 is 2.57 bits per heavy atom. The van der Waals surface area contributed by atoms with Gasteiger partial charge in [0, 0.05) is 30.7 Å². The van der Waals surface area contributed by atoms with Crippen LogP contribution in [0.4, 0.5) is 17.6 Å². The summed E-state index contributed by atoms with van der Waals surface area (Å²) >= 11 is 1.95. The van der Waals surface area contributed by atoms with Crippen molar-refractivity contribution in [2.24, 2.45) is 0 Å². The van der Waals surface area contributed by atoms with Crippen LogP contribution in [0, 0.1) is 0 Å². The lowest BCUT2D eigenvalue weighted by atomic mass is 10.4. The van der Waals surface area contributed by atoms with Crippen LogP contribution in [-0.2, 0) is 0 Å². The molecule has 4 N–H and O–H groups in total. The summed E-state index contributed by atoms with van der Waals surface area (Å²) in [5.74, 6) is 3.78. The lowest BCUT2D eigenvalue weighted by Gasteiger charge is -2.27. The van der Waals surface area contributed by atoms with Gasteiger partial charge in [0.2, 0.25) is 5.95 Å². The molecule has 0 atom stereocenters. The average Bonchev–Trinajstić information content (AvgIpc) is 2.18. The second kappa shape index (κ2) is 3.91. The van der Waals surface area contributed by atoms with Crippen molar-refractivity contribution in [3.63, 3.8) is 0 Å². The second-order valence-electron chi connectivity index (χ2n) is 3.11. The zero-order valence-corrected chi connectivity index (χ0v) is 8.63. The molecule has 5 nitrogen and oxygen atoms in total. The smallest absolute Gasteiger partial charge is 0.223 e. The van der Waals surface area contributed by atoms with E-state index in [4.69, 9.17) is 11.5 Å². The number of hydrogen-bond acceptors (Lipinski definition) is 6. The van der Waals surface area contributed by atoms with Gasteiger partial charge in [-0.1, -0.05) is 0 Å². The van der Waals surface area contributed by atoms with E-state index in [2.05, 4.69) is 14.9 Å². The van der Waals surface area contributed by atoms with Gasteiger partial charge < -0.3 is 16.4 Å². The monoisotopic (exact) mass is 211 g/mol. The predicted octanol–water partition coefficient (Wildman–Crippen LogP) is 0.194. The van der Waals surface area contributed by atoms with Crippen molar-refractivity contribution in [3.8, 4) is 0 Å². The lowest BCUT2D eigenvalue weighted by molar-refractivity contribution is 0.837. The third-order valence-corrected chi connectivity index (χ3v) is 3.03. The van der Waals surface area contributed by atoms with Crippen LogP contribution in [0.3, 0.4) is 0 Å². The number of aromatic nitrogens is 2. The van der Waals surface area contributed by atoms with Crippen LogP contribution in [0.25, 0.3) is 0 Å². The maximum Gasteiger partial charge on any atom is 0.223 e. The number of nitrogen functional groups attached to an aromatic ring is 2. The highest BCUT2D eigenvalue weighted by Gasteiger charge is 2.13. The molecule has 1 aromatic heterocycles. The maximum absolute atomic E-state index is 5.60. The number of nitrogens with two attached hydrogens (primary N) is 2. The summed E-state index contributed by atoms with van der Waals surface area (Å²) in [6.45, 7) is 2.00. The molecule has 0 radical (unpaired) electrons. The molecule has 76 valence electrons. The zero-order chi connectivity index (χ0) is 9.97. The summed E-state index contributed by atoms with van der Waals surface area (Å²) in [5, 5.41) is 0. The molecule has 0 amide bonds. The molecular formula is C8H13N5S. The average molecular weight is 211 g/mol. The number of nitrogens with zero attached hydrogens (tertiary/aromatic N) is 3. The van der Waals surface area contributed by atoms with Crippen LogP contribution >= 0.6 is 11.8 Å². The van der Waals surface area contributed by atoms with Crippen molar-refractivity contribution in [3.05, 3.63) is 6.07 Å². The highest BCUT2D eigenvalue weighted by atomic mass is 32.2. The Kier molecular flexibility index (Phi) is 2.62. The van der Waals surface area contributed by atoms with Gasteiger partial charge in [-0.05, 0) is 0 Å². The first kappa shape index (κ1) is 9.39. The quantitative estimate of drug-likeness (QED) is 0.690. The van der Waals surface area contributed by atoms with Gasteiger partial charge in [-0.2, -0.15) is 21.7 Å². The minimum Gasteiger partial charge on any atom is -0.383 e. The van der Waals surface area contributed by atoms with Crippen molar-refractivity contribution in [1.82, 2.24) is 9.97 Å². The Bertz CT molecular complexity index is 303. The zero-order valence-electron chi connectivity index (χ0n) is 7.81. The molecule has 6 heteroatoms. The first-order valence-electron chi connectivity index (χ1n) is 4.48. The van der Waals surface area contributed by atoms with Crippen molar-refractivity contribution in [1.29, 1.82) is 0 Å². The second-order valence-corrected chi connectivity index (χ2v) is 4.33. The molecule has 14 heavy (non-hydrogen) atoms. The molecule has 1 aliphatic heterocycles. The van der Waals surface area contributed by atoms with Crippen LogP contribution in [0.2, 0.25) is 0 Å². The molecule has 0 aliphatic carbocycles. The number of hydrogen-bond donors (Lipinski definition) is 2. The summed E-state index contributed by atoms with van der Waals surface area (Å²) in [7, 11) is 0. The molecule has 0 unspecified atom stereocenters. The van der Waals surface area contributed by atoms with Crippen molar-refractivity contribution in [2.75, 3.05) is 41.0 Å². The van der Waals surface area contributed by atoms with Gasteiger partial charge in [0.05, 0.1) is 0 Å². The van der Waals surface area contributed by atoms with E-state index in [0.29, 0.717) is 5.82 Å². The van der Waals surface area contributed by atoms with Crippen LogP contribution < -0.4 is 16.4 Å². The molecular weight excluding hydrogens is 198 g/mol. The maximum atomic E-state index is 5.60. The largest absolute Gasteiger partial charge is 0.383 e. The van der Waals surface area contributed by atoms with E-state index in [-0.39, 0.29) is 5.95 Å². The third-order valence-electron chi connectivity index (χ3n) is 2.08. The highest BCUT2D eigenvalue weighted by Crippen LogP contribution is 2.19. The molecule has 2 heterocycles. The topological polar surface area (TPSA) is 81.1 Å². The summed E-state index contributed by atoms with van der Waals surface area (Å²) < 4.78 is 0. The van der Waals surface area contributed by atoms with E-state index in [0.717, 1.165) is 30.4 Å². The first-order chi connectivity index (χ1) is 6.75. The number of rotatable bonds is 1. The molecule has 2 rings (SSSR count). The molecule has 1 fully saturated rings. The van der Waals surface area contributed by atoms with E-state index < -0.39 is 0 Å². The lowest BCUT2D eigenvalue weighted by Crippen LogP contribution is -2.33. The highest BCUT2D eigenvalue weighted by molar-refractivity contribution is 7.99. The van der Waals surface area contributed by atoms with Crippen molar-refractivity contribution >= 4 is 29.3 Å². The van der Waals surface area contributed by atoms with E-state index >= 15 is 0 Å². The number of anilines is 3. The van der Waals surface area contributed by atoms with Gasteiger partial charge in [-0.25, -0.2) is 0 Å². The fourth-order valence-corrected chi connectivity index (χ4v) is 2.33. The van der Waals surface area contributed by atoms with Crippen molar-refractivity contribution in [2.45, 2.75) is 0 Å². The minimum absolute atomic E-state index is 0.248. The Balaban J connectivity index is 2.21. The van der Waals surface area contributed by atoms with E-state index in [1.54, 1.807) is 6.07 Å². The van der Waals surface area contributed by atoms with E-state index in [9.17, 15) is 0 Å². The van der Waals surface area contributed by atoms with Gasteiger partial charge in [-0.3, -0.25) is 0 Å². The van der Waals surface area contributed by atoms with Gasteiger partial charge in [0.25, 0.3) is 0 Å². The predicted molar refractivity (Wildman–Crippen MR) is 60.4 cm³/mol. The summed E-state index contributed by atoms with van der Waals surface area (Å²) in [4.78, 5) is 10.2. The van der Waals surface area contributed by atoms with Crippen LogP contribution in [-0.4, -0.2) is 34.6 Å². The molecule has 1 saturated heterocycles. The van der Waals surface area contributed by atoms with Crippen LogP contribution in [0.5, 0.6) is 0 Å². The molecule has 0 saturated carbocycles. The SMILES string of the molecule is Nc1cc(N2CCSCC2)nc(N)n1. The Morgan fingerprint density at radius 1 is 1.21 bits per heavy atom. The molecule has 1 aromatic rings. The van der Waals surface area contributed by atoms with E-state index in [1.807, 2.05) is 11.8 Å². The summed E-state index contributed by atoms with van der Waals surface area (Å²) in [5.41, 5.74) is 11.1. The molecule has 1 aliphatic rings. The third kappa shape index (κ3) is 2.01. The Labute approximate surface area is 86.9 Å². The summed E-state index contributed by atoms with van der Waals surface area (Å²) in [6, 6.07) is 1.77. The number of thioether (sulfide) groups is 1. The minimum atomic E-state index is 0.248. The molecule has 0 spiro atoms. The fourth-order valence-electron chi connectivity index (χ4n) is 1.43. The first-order valence-corrected chi connectivity index (χ1v) is 5.64. The standard InChI is InChI=1S/C8H13N5S/c9-6-5-7(12-8(10)11-6)13-1-3-14-4-2-13/h5H,1-4H2,(H4,9,10,11,12). The van der Waals surface area contributed by atoms with Crippen molar-refractivity contribution < 1.29 is 0 Å². The Morgan fingerprint density at radius 2 is 1.93 bits per heavy atom. The van der Waals surface area contributed by atoms with Gasteiger partial charge >= 0.3 is 0 Å². The van der Waals surface area contributed by atoms with Crippen LogP contribution in [0.15, 0.2) is 6.07 Å². The van der Waals surface area contributed by atoms with E-state index in [1.165, 1.54) is 0 Å². The summed E-state index contributed by atoms with van der Waals surface area (Å²) in [6.07, 6.45) is 0. The fraction of sp³-hybridized carbons (Fsp3) is 0.500. The van der Waals surface area contributed by atoms with Gasteiger partial charge in [0.1, 0.15) is 11.6 Å². The van der Waals surface area contributed by atoms with Crippen LogP contribution in [0.1, 0.15) is 0 Å². The molecule has 0 bridgehead atoms. The Hall–Kier alpha value is -1.17. The normalized spacial score (nSPS) is 17.0. The van der Waals surface area contributed by atoms with Gasteiger partial charge in [-0.15, -0.1) is 0 Å².